The van der Waals surface area contributed by atoms with E-state index in [1.165, 1.54) is 16.8 Å². The molecule has 172 valence electrons. The molecule has 2 saturated heterocycles. The van der Waals surface area contributed by atoms with E-state index in [0.717, 1.165) is 37.9 Å². The highest BCUT2D eigenvalue weighted by Gasteiger charge is 2.25. The summed E-state index contributed by atoms with van der Waals surface area (Å²) in [4.78, 5) is 17.2. The monoisotopic (exact) mass is 455 g/mol. The number of carbonyl (C=O) groups is 1. The topological polar surface area (TPSA) is 60.9 Å². The first-order chi connectivity index (χ1) is 15.3. The van der Waals surface area contributed by atoms with Crippen molar-refractivity contribution in [3.05, 3.63) is 64.7 Å². The Kier molecular flexibility index (Phi) is 6.86. The Hall–Kier alpha value is -2.38. The van der Waals surface area contributed by atoms with Gasteiger partial charge in [0, 0.05) is 50.5 Å². The third-order valence-corrected chi connectivity index (χ3v) is 8.59. The molecule has 0 aliphatic carbocycles. The molecule has 0 saturated carbocycles. The smallest absolute Gasteiger partial charge is 0.253 e. The third kappa shape index (κ3) is 4.99. The van der Waals surface area contributed by atoms with Gasteiger partial charge in [0.1, 0.15) is 0 Å². The first-order valence-corrected chi connectivity index (χ1v) is 13.1. The van der Waals surface area contributed by atoms with Crippen molar-refractivity contribution < 1.29 is 13.2 Å². The zero-order valence-electron chi connectivity index (χ0n) is 19.1. The van der Waals surface area contributed by atoms with Crippen LogP contribution in [0, 0.1) is 13.8 Å². The summed E-state index contributed by atoms with van der Waals surface area (Å²) in [5, 5.41) is 0. The minimum Gasteiger partial charge on any atom is -0.368 e. The van der Waals surface area contributed by atoms with Crippen molar-refractivity contribution in [1.29, 1.82) is 0 Å². The molecule has 2 aromatic rings. The number of amides is 1. The Morgan fingerprint density at radius 1 is 0.844 bits per heavy atom. The Bertz CT molecular complexity index is 1050. The lowest BCUT2D eigenvalue weighted by Gasteiger charge is -2.37. The fraction of sp³-hybridized carbons (Fsp3) is 0.480. The van der Waals surface area contributed by atoms with Crippen LogP contribution in [0.25, 0.3) is 0 Å². The quantitative estimate of drug-likeness (QED) is 0.691. The lowest BCUT2D eigenvalue weighted by molar-refractivity contribution is 0.0746. The van der Waals surface area contributed by atoms with Gasteiger partial charge in [0.15, 0.2) is 0 Å². The summed E-state index contributed by atoms with van der Waals surface area (Å²) < 4.78 is 26.9. The molecule has 0 radical (unpaired) electrons. The molecule has 2 heterocycles. The standard InChI is InChI=1S/C25H33N3O3S/c1-20-7-6-8-24(21(20)2)26-15-17-27(18-16-26)25(29)23-11-9-22(10-12-23)19-32(30,31)28-13-4-3-5-14-28/h6-12H,3-5,13-19H2,1-2H3. The summed E-state index contributed by atoms with van der Waals surface area (Å²) >= 11 is 0. The van der Waals surface area contributed by atoms with Crippen LogP contribution < -0.4 is 4.90 Å². The summed E-state index contributed by atoms with van der Waals surface area (Å²) in [6.45, 7) is 8.48. The van der Waals surface area contributed by atoms with Crippen LogP contribution >= 0.6 is 0 Å². The summed E-state index contributed by atoms with van der Waals surface area (Å²) in [6, 6.07) is 13.4. The van der Waals surface area contributed by atoms with Crippen LogP contribution in [0.1, 0.15) is 46.3 Å². The molecule has 6 nitrogen and oxygen atoms in total. The normalized spacial score (nSPS) is 18.1. The molecule has 0 atom stereocenters. The van der Waals surface area contributed by atoms with Crippen molar-refractivity contribution in [2.24, 2.45) is 0 Å². The predicted molar refractivity (Wildman–Crippen MR) is 129 cm³/mol. The third-order valence-electron chi connectivity index (χ3n) is 6.74. The van der Waals surface area contributed by atoms with Crippen LogP contribution in [-0.4, -0.2) is 62.8 Å². The van der Waals surface area contributed by atoms with Crippen molar-refractivity contribution in [1.82, 2.24) is 9.21 Å². The van der Waals surface area contributed by atoms with Crippen molar-refractivity contribution >= 4 is 21.6 Å². The average molecular weight is 456 g/mol. The number of hydrogen-bond acceptors (Lipinski definition) is 4. The fourth-order valence-corrected chi connectivity index (χ4v) is 6.21. The first-order valence-electron chi connectivity index (χ1n) is 11.5. The van der Waals surface area contributed by atoms with Gasteiger partial charge < -0.3 is 9.80 Å². The summed E-state index contributed by atoms with van der Waals surface area (Å²) in [7, 11) is -3.30. The van der Waals surface area contributed by atoms with Gasteiger partial charge in [-0.25, -0.2) is 12.7 Å². The van der Waals surface area contributed by atoms with E-state index in [1.54, 1.807) is 28.6 Å². The molecule has 32 heavy (non-hydrogen) atoms. The van der Waals surface area contributed by atoms with E-state index in [4.69, 9.17) is 0 Å². The Morgan fingerprint density at radius 2 is 1.50 bits per heavy atom. The van der Waals surface area contributed by atoms with Crippen molar-refractivity contribution in [2.75, 3.05) is 44.2 Å². The van der Waals surface area contributed by atoms with Gasteiger partial charge in [0.2, 0.25) is 10.0 Å². The molecular formula is C25H33N3O3S. The zero-order valence-corrected chi connectivity index (χ0v) is 19.9. The molecule has 2 fully saturated rings. The SMILES string of the molecule is Cc1cccc(N2CCN(C(=O)c3ccc(CS(=O)(=O)N4CCCCC4)cc3)CC2)c1C. The highest BCUT2D eigenvalue weighted by molar-refractivity contribution is 7.88. The summed E-state index contributed by atoms with van der Waals surface area (Å²) in [5.41, 5.74) is 5.17. The molecule has 4 rings (SSSR count). The molecular weight excluding hydrogens is 422 g/mol. The van der Waals surface area contributed by atoms with Crippen LogP contribution in [0.15, 0.2) is 42.5 Å². The van der Waals surface area contributed by atoms with Crippen molar-refractivity contribution in [3.8, 4) is 0 Å². The maximum Gasteiger partial charge on any atom is 0.253 e. The van der Waals surface area contributed by atoms with Gasteiger partial charge in [0.05, 0.1) is 5.75 Å². The van der Waals surface area contributed by atoms with Gasteiger partial charge in [-0.05, 0) is 61.6 Å². The van der Waals surface area contributed by atoms with E-state index in [9.17, 15) is 13.2 Å². The van der Waals surface area contributed by atoms with Gasteiger partial charge >= 0.3 is 0 Å². The van der Waals surface area contributed by atoms with Gasteiger partial charge in [0.25, 0.3) is 5.91 Å². The molecule has 1 amide bonds. The van der Waals surface area contributed by atoms with E-state index in [-0.39, 0.29) is 11.7 Å². The minimum absolute atomic E-state index is 0.00398. The van der Waals surface area contributed by atoms with E-state index < -0.39 is 10.0 Å². The maximum atomic E-state index is 13.0. The van der Waals surface area contributed by atoms with Crippen molar-refractivity contribution in [3.63, 3.8) is 0 Å². The summed E-state index contributed by atoms with van der Waals surface area (Å²) in [6.07, 6.45) is 2.97. The number of piperazine rings is 1. The molecule has 0 N–H and O–H groups in total. The van der Waals surface area contributed by atoms with Crippen LogP contribution in [0.2, 0.25) is 0 Å². The number of anilines is 1. The van der Waals surface area contributed by atoms with E-state index >= 15 is 0 Å². The number of aryl methyl sites for hydroxylation is 1. The molecule has 2 aliphatic rings. The Balaban J connectivity index is 1.35. The summed E-state index contributed by atoms with van der Waals surface area (Å²) in [5.74, 6) is 0.00625. The Morgan fingerprint density at radius 3 is 2.16 bits per heavy atom. The zero-order chi connectivity index (χ0) is 22.7. The van der Waals surface area contributed by atoms with E-state index in [0.29, 0.717) is 31.7 Å². The van der Waals surface area contributed by atoms with Crippen LogP contribution in [-0.2, 0) is 15.8 Å². The van der Waals surface area contributed by atoms with Crippen LogP contribution in [0.5, 0.6) is 0 Å². The molecule has 0 aromatic heterocycles. The van der Waals surface area contributed by atoms with Crippen molar-refractivity contribution in [2.45, 2.75) is 38.9 Å². The number of sulfonamides is 1. The number of hydrogen-bond donors (Lipinski definition) is 0. The maximum absolute atomic E-state index is 13.0. The number of carbonyl (C=O) groups excluding carboxylic acids is 1. The van der Waals surface area contributed by atoms with E-state index in [1.807, 2.05) is 4.90 Å². The van der Waals surface area contributed by atoms with Crippen LogP contribution in [0.4, 0.5) is 5.69 Å². The second kappa shape index (κ2) is 9.63. The van der Waals surface area contributed by atoms with E-state index in [2.05, 4.69) is 36.9 Å². The number of piperidine rings is 1. The highest BCUT2D eigenvalue weighted by atomic mass is 32.2. The predicted octanol–water partition coefficient (Wildman–Crippen LogP) is 3.58. The molecule has 2 aliphatic heterocycles. The number of rotatable bonds is 5. The minimum atomic E-state index is -3.30. The second-order valence-electron chi connectivity index (χ2n) is 8.91. The van der Waals surface area contributed by atoms with Gasteiger partial charge in [-0.1, -0.05) is 30.7 Å². The largest absolute Gasteiger partial charge is 0.368 e. The Labute approximate surface area is 191 Å². The average Bonchev–Trinajstić information content (AvgIpc) is 2.81. The molecule has 0 spiro atoms. The van der Waals surface area contributed by atoms with Gasteiger partial charge in [-0.3, -0.25) is 4.79 Å². The highest BCUT2D eigenvalue weighted by Crippen LogP contribution is 2.24. The lowest BCUT2D eigenvalue weighted by atomic mass is 10.1. The molecule has 0 unspecified atom stereocenters. The first kappa shape index (κ1) is 22.8. The fourth-order valence-electron chi connectivity index (χ4n) is 4.60. The molecule has 0 bridgehead atoms. The van der Waals surface area contributed by atoms with Gasteiger partial charge in [-0.15, -0.1) is 0 Å². The molecule has 7 heteroatoms. The lowest BCUT2D eigenvalue weighted by Crippen LogP contribution is -2.49. The number of benzene rings is 2. The number of nitrogens with zero attached hydrogens (tertiary/aromatic N) is 3. The second-order valence-corrected chi connectivity index (χ2v) is 10.9. The van der Waals surface area contributed by atoms with Crippen LogP contribution in [0.3, 0.4) is 0 Å². The molecule has 2 aromatic carbocycles. The van der Waals surface area contributed by atoms with Gasteiger partial charge in [-0.2, -0.15) is 0 Å².